The van der Waals surface area contributed by atoms with Gasteiger partial charge in [0.25, 0.3) is 0 Å². The van der Waals surface area contributed by atoms with Gasteiger partial charge in [-0.3, -0.25) is 0 Å². The number of hydrogen-bond donors (Lipinski definition) is 1. The van der Waals surface area contributed by atoms with Crippen LogP contribution in [0.15, 0.2) is 47.2 Å². The minimum atomic E-state index is -0.384. The average molecular weight is 334 g/mol. The number of ether oxygens (including phenoxy) is 1. The predicted octanol–water partition coefficient (Wildman–Crippen LogP) is 3.91. The fourth-order valence-electron chi connectivity index (χ4n) is 1.79. The molecular formula is C14H9BrFN3O. The Bertz CT molecular complexity index is 794. The lowest BCUT2D eigenvalue weighted by Crippen LogP contribution is -1.93. The van der Waals surface area contributed by atoms with Crippen LogP contribution in [-0.4, -0.2) is 9.97 Å². The van der Waals surface area contributed by atoms with Crippen LogP contribution in [0.3, 0.4) is 0 Å². The second-order valence-electron chi connectivity index (χ2n) is 4.13. The van der Waals surface area contributed by atoms with Gasteiger partial charge in [0.15, 0.2) is 0 Å². The number of halogens is 2. The van der Waals surface area contributed by atoms with E-state index in [1.54, 1.807) is 24.3 Å². The van der Waals surface area contributed by atoms with Crippen LogP contribution in [0.2, 0.25) is 0 Å². The average Bonchev–Trinajstić information content (AvgIpc) is 2.43. The molecule has 0 unspecified atom stereocenters. The first-order chi connectivity index (χ1) is 9.63. The number of hydrogen-bond acceptors (Lipinski definition) is 4. The van der Waals surface area contributed by atoms with E-state index in [0.717, 1.165) is 0 Å². The second kappa shape index (κ2) is 5.05. The smallest absolute Gasteiger partial charge is 0.230 e. The van der Waals surface area contributed by atoms with Gasteiger partial charge >= 0.3 is 0 Å². The second-order valence-corrected chi connectivity index (χ2v) is 4.99. The summed E-state index contributed by atoms with van der Waals surface area (Å²) in [5.41, 5.74) is 6.99. The lowest BCUT2D eigenvalue weighted by molar-refractivity contribution is 0.460. The number of nitrogen functional groups attached to an aromatic ring is 1. The van der Waals surface area contributed by atoms with Crippen molar-refractivity contribution in [2.45, 2.75) is 0 Å². The maximum absolute atomic E-state index is 13.3. The van der Waals surface area contributed by atoms with Crippen molar-refractivity contribution >= 4 is 32.5 Å². The van der Waals surface area contributed by atoms with Gasteiger partial charge in [-0.25, -0.2) is 14.4 Å². The molecule has 3 aromatic rings. The summed E-state index contributed by atoms with van der Waals surface area (Å²) in [5.74, 6) is 0.314. The fraction of sp³-hybridized carbons (Fsp3) is 0. The maximum atomic E-state index is 13.3. The van der Waals surface area contributed by atoms with E-state index in [1.807, 2.05) is 0 Å². The summed E-state index contributed by atoms with van der Waals surface area (Å²) in [5, 5.41) is 0.706. The zero-order valence-corrected chi connectivity index (χ0v) is 11.8. The molecule has 1 heterocycles. The summed E-state index contributed by atoms with van der Waals surface area (Å²) >= 11 is 3.31. The van der Waals surface area contributed by atoms with Crippen LogP contribution in [0, 0.1) is 5.82 Å². The highest BCUT2D eigenvalue weighted by Crippen LogP contribution is 2.32. The lowest BCUT2D eigenvalue weighted by Gasteiger charge is -2.09. The number of nitrogens with zero attached hydrogens (tertiary/aromatic N) is 2. The molecule has 0 saturated heterocycles. The fourth-order valence-corrected chi connectivity index (χ4v) is 2.12. The van der Waals surface area contributed by atoms with Gasteiger partial charge in [0.2, 0.25) is 5.88 Å². The molecule has 20 heavy (non-hydrogen) atoms. The van der Waals surface area contributed by atoms with Gasteiger partial charge in [0.05, 0.1) is 15.4 Å². The van der Waals surface area contributed by atoms with Crippen LogP contribution in [0.5, 0.6) is 11.6 Å². The van der Waals surface area contributed by atoms with Crippen LogP contribution in [0.4, 0.5) is 10.1 Å². The monoisotopic (exact) mass is 333 g/mol. The molecule has 0 aliphatic heterocycles. The standard InChI is InChI=1S/C14H9BrFN3O/c15-11-4-1-8(16)5-13(11)20-14-10-3-2-9(17)6-12(10)18-7-19-14/h1-7H,17H2. The van der Waals surface area contributed by atoms with E-state index < -0.39 is 0 Å². The van der Waals surface area contributed by atoms with Crippen LogP contribution < -0.4 is 10.5 Å². The van der Waals surface area contributed by atoms with Crippen LogP contribution in [0.25, 0.3) is 10.9 Å². The third-order valence-corrected chi connectivity index (χ3v) is 3.38. The predicted molar refractivity (Wildman–Crippen MR) is 78.1 cm³/mol. The minimum absolute atomic E-state index is 0.348. The van der Waals surface area contributed by atoms with Crippen molar-refractivity contribution in [2.24, 2.45) is 0 Å². The van der Waals surface area contributed by atoms with Gasteiger partial charge < -0.3 is 10.5 Å². The Labute approximate surface area is 122 Å². The molecule has 0 bridgehead atoms. The van der Waals surface area contributed by atoms with Crippen molar-refractivity contribution in [2.75, 3.05) is 5.73 Å². The summed E-state index contributed by atoms with van der Waals surface area (Å²) in [7, 11) is 0. The Morgan fingerprint density at radius 1 is 1.10 bits per heavy atom. The van der Waals surface area contributed by atoms with Gasteiger partial charge in [-0.15, -0.1) is 0 Å². The molecule has 0 spiro atoms. The zero-order chi connectivity index (χ0) is 14.1. The topological polar surface area (TPSA) is 61.0 Å². The molecule has 0 fully saturated rings. The number of aromatic nitrogens is 2. The van der Waals surface area contributed by atoms with Crippen molar-refractivity contribution in [1.29, 1.82) is 0 Å². The molecule has 0 radical (unpaired) electrons. The summed E-state index contributed by atoms with van der Waals surface area (Å²) < 4.78 is 19.6. The Hall–Kier alpha value is -2.21. The highest BCUT2D eigenvalue weighted by Gasteiger charge is 2.09. The number of anilines is 1. The molecule has 2 aromatic carbocycles. The van der Waals surface area contributed by atoms with E-state index in [-0.39, 0.29) is 5.82 Å². The summed E-state index contributed by atoms with van der Waals surface area (Å²) in [6, 6.07) is 9.44. The molecule has 0 saturated carbocycles. The Morgan fingerprint density at radius 2 is 1.95 bits per heavy atom. The molecule has 0 atom stereocenters. The first-order valence-electron chi connectivity index (χ1n) is 5.76. The zero-order valence-electron chi connectivity index (χ0n) is 10.2. The molecule has 0 amide bonds. The van der Waals surface area contributed by atoms with Gasteiger partial charge in [0.1, 0.15) is 17.9 Å². The molecule has 0 aliphatic carbocycles. The molecule has 2 N–H and O–H groups in total. The summed E-state index contributed by atoms with van der Waals surface area (Å²) in [4.78, 5) is 8.21. The largest absolute Gasteiger partial charge is 0.437 e. The molecule has 1 aromatic heterocycles. The van der Waals surface area contributed by atoms with Crippen molar-refractivity contribution < 1.29 is 9.13 Å². The number of benzene rings is 2. The van der Waals surface area contributed by atoms with Gasteiger partial charge in [0, 0.05) is 11.8 Å². The van der Waals surface area contributed by atoms with Crippen LogP contribution >= 0.6 is 15.9 Å². The van der Waals surface area contributed by atoms with Gasteiger partial charge in [-0.1, -0.05) is 0 Å². The Morgan fingerprint density at radius 3 is 2.80 bits per heavy atom. The maximum Gasteiger partial charge on any atom is 0.230 e. The van der Waals surface area contributed by atoms with Crippen molar-refractivity contribution in [3.8, 4) is 11.6 Å². The molecule has 6 heteroatoms. The summed E-state index contributed by atoms with van der Waals surface area (Å²) in [6.07, 6.45) is 1.38. The first-order valence-corrected chi connectivity index (χ1v) is 6.56. The number of rotatable bonds is 2. The Kier molecular flexibility index (Phi) is 3.23. The first kappa shape index (κ1) is 12.8. The van der Waals surface area contributed by atoms with Crippen LogP contribution in [0.1, 0.15) is 0 Å². The third-order valence-electron chi connectivity index (χ3n) is 2.72. The molecule has 100 valence electrons. The molecule has 3 rings (SSSR count). The van der Waals surface area contributed by atoms with E-state index in [4.69, 9.17) is 10.5 Å². The normalized spacial score (nSPS) is 10.7. The van der Waals surface area contributed by atoms with Crippen molar-refractivity contribution in [3.63, 3.8) is 0 Å². The minimum Gasteiger partial charge on any atom is -0.437 e. The van der Waals surface area contributed by atoms with Crippen molar-refractivity contribution in [3.05, 3.63) is 53.0 Å². The quantitative estimate of drug-likeness (QED) is 0.722. The molecule has 4 nitrogen and oxygen atoms in total. The van der Waals surface area contributed by atoms with E-state index in [1.165, 1.54) is 18.5 Å². The molecule has 0 aliphatic rings. The van der Waals surface area contributed by atoms with E-state index in [9.17, 15) is 4.39 Å². The van der Waals surface area contributed by atoms with Crippen molar-refractivity contribution in [1.82, 2.24) is 9.97 Å². The third kappa shape index (κ3) is 2.42. The number of fused-ring (bicyclic) bond motifs is 1. The highest BCUT2D eigenvalue weighted by molar-refractivity contribution is 9.10. The van der Waals surface area contributed by atoms with E-state index in [0.29, 0.717) is 32.7 Å². The SMILES string of the molecule is Nc1ccc2c(Oc3cc(F)ccc3Br)ncnc2c1. The summed E-state index contributed by atoms with van der Waals surface area (Å²) in [6.45, 7) is 0. The number of nitrogens with two attached hydrogens (primary N) is 1. The highest BCUT2D eigenvalue weighted by atomic mass is 79.9. The molecular weight excluding hydrogens is 325 g/mol. The van der Waals surface area contributed by atoms with Gasteiger partial charge in [-0.2, -0.15) is 0 Å². The Balaban J connectivity index is 2.09. The van der Waals surface area contributed by atoms with Crippen LogP contribution in [-0.2, 0) is 0 Å². The van der Waals surface area contributed by atoms with Gasteiger partial charge in [-0.05, 0) is 46.3 Å². The van der Waals surface area contributed by atoms with E-state index in [2.05, 4.69) is 25.9 Å². The van der Waals surface area contributed by atoms with E-state index >= 15 is 0 Å². The lowest BCUT2D eigenvalue weighted by atomic mass is 10.2.